The van der Waals surface area contributed by atoms with Gasteiger partial charge in [-0.2, -0.15) is 0 Å². The lowest BCUT2D eigenvalue weighted by atomic mass is 10.1. The first kappa shape index (κ1) is 22.0. The van der Waals surface area contributed by atoms with E-state index in [4.69, 9.17) is 5.73 Å². The van der Waals surface area contributed by atoms with E-state index in [0.29, 0.717) is 19.3 Å². The fourth-order valence-corrected chi connectivity index (χ4v) is 2.77. The van der Waals surface area contributed by atoms with Gasteiger partial charge in [-0.25, -0.2) is 4.39 Å². The molecule has 2 aromatic rings. The van der Waals surface area contributed by atoms with Crippen LogP contribution in [0.25, 0.3) is 0 Å². The second-order valence-corrected chi connectivity index (χ2v) is 6.47. The summed E-state index contributed by atoms with van der Waals surface area (Å²) in [5.74, 6) is -3.38. The zero-order valence-corrected chi connectivity index (χ0v) is 15.7. The molecule has 0 aliphatic heterocycles. The lowest BCUT2D eigenvalue weighted by molar-refractivity contribution is 0.0930. The summed E-state index contributed by atoms with van der Waals surface area (Å²) in [6.07, 6.45) is 1.67. The quantitative estimate of drug-likeness (QED) is 0.276. The van der Waals surface area contributed by atoms with Crippen molar-refractivity contribution in [1.29, 1.82) is 0 Å². The summed E-state index contributed by atoms with van der Waals surface area (Å²) in [5.41, 5.74) is 5.22. The standard InChI is InChI=1S/C20H24FN3O5/c21-14-7-4-8-15(25)17(14)20(29)23-10-2-1-5-12(11-22)24-19(28)13-6-3-9-16(26)18(13)27/h3-4,6-9,12,25-27H,1-2,5,10-11,22H2,(H,23,29)(H,24,28)/t12-/m0/s1. The van der Waals surface area contributed by atoms with Crippen LogP contribution in [-0.4, -0.2) is 46.3 Å². The van der Waals surface area contributed by atoms with Crippen LogP contribution in [0.2, 0.25) is 0 Å². The molecule has 29 heavy (non-hydrogen) atoms. The van der Waals surface area contributed by atoms with Crippen LogP contribution in [0, 0.1) is 5.82 Å². The molecular formula is C20H24FN3O5. The van der Waals surface area contributed by atoms with Crippen molar-refractivity contribution in [2.24, 2.45) is 5.73 Å². The van der Waals surface area contributed by atoms with Gasteiger partial charge in [0.25, 0.3) is 11.8 Å². The number of aromatic hydroxyl groups is 3. The number of phenols is 3. The zero-order valence-electron chi connectivity index (χ0n) is 15.7. The predicted molar refractivity (Wildman–Crippen MR) is 104 cm³/mol. The lowest BCUT2D eigenvalue weighted by Crippen LogP contribution is -2.40. The maximum absolute atomic E-state index is 13.6. The van der Waals surface area contributed by atoms with Crippen molar-refractivity contribution in [3.8, 4) is 17.2 Å². The number of hydrogen-bond acceptors (Lipinski definition) is 6. The van der Waals surface area contributed by atoms with Crippen LogP contribution >= 0.6 is 0 Å². The zero-order chi connectivity index (χ0) is 21.4. The second kappa shape index (κ2) is 10.3. The van der Waals surface area contributed by atoms with Crippen molar-refractivity contribution in [3.63, 3.8) is 0 Å². The number of phenolic OH excluding ortho intramolecular Hbond substituents is 3. The van der Waals surface area contributed by atoms with E-state index < -0.39 is 40.4 Å². The molecular weight excluding hydrogens is 381 g/mol. The second-order valence-electron chi connectivity index (χ2n) is 6.47. The monoisotopic (exact) mass is 405 g/mol. The van der Waals surface area contributed by atoms with E-state index in [1.165, 1.54) is 30.3 Å². The summed E-state index contributed by atoms with van der Waals surface area (Å²) in [4.78, 5) is 24.2. The summed E-state index contributed by atoms with van der Waals surface area (Å²) >= 11 is 0. The van der Waals surface area contributed by atoms with Gasteiger partial charge in [0.05, 0.1) is 5.56 Å². The topological polar surface area (TPSA) is 145 Å². The third-order valence-electron chi connectivity index (χ3n) is 4.36. The fraction of sp³-hybridized carbons (Fsp3) is 0.300. The molecule has 0 fully saturated rings. The van der Waals surface area contributed by atoms with Crippen LogP contribution in [0.1, 0.15) is 40.0 Å². The summed E-state index contributed by atoms with van der Waals surface area (Å²) in [6, 6.07) is 7.35. The van der Waals surface area contributed by atoms with Crippen LogP contribution in [0.15, 0.2) is 36.4 Å². The normalized spacial score (nSPS) is 11.7. The molecule has 0 spiro atoms. The highest BCUT2D eigenvalue weighted by Gasteiger charge is 2.18. The molecule has 0 aliphatic rings. The van der Waals surface area contributed by atoms with Crippen LogP contribution in [0.5, 0.6) is 17.2 Å². The molecule has 2 amide bonds. The maximum atomic E-state index is 13.6. The van der Waals surface area contributed by atoms with Crippen molar-refractivity contribution in [2.75, 3.05) is 13.1 Å². The maximum Gasteiger partial charge on any atom is 0.258 e. The number of nitrogens with one attached hydrogen (secondary N) is 2. The molecule has 1 atom stereocenters. The lowest BCUT2D eigenvalue weighted by Gasteiger charge is -2.17. The Balaban J connectivity index is 1.78. The van der Waals surface area contributed by atoms with Crippen LogP contribution in [0.4, 0.5) is 4.39 Å². The van der Waals surface area contributed by atoms with E-state index in [1.54, 1.807) is 0 Å². The van der Waals surface area contributed by atoms with Gasteiger partial charge in [0, 0.05) is 19.1 Å². The van der Waals surface area contributed by atoms with E-state index in [9.17, 15) is 29.3 Å². The fourth-order valence-electron chi connectivity index (χ4n) is 2.77. The Bertz CT molecular complexity index is 855. The molecule has 0 saturated heterocycles. The third-order valence-corrected chi connectivity index (χ3v) is 4.36. The highest BCUT2D eigenvalue weighted by molar-refractivity contribution is 5.98. The molecule has 0 saturated carbocycles. The largest absolute Gasteiger partial charge is 0.507 e. The Morgan fingerprint density at radius 3 is 2.38 bits per heavy atom. The molecule has 0 radical (unpaired) electrons. The Labute approximate surface area is 167 Å². The molecule has 8 nitrogen and oxygen atoms in total. The van der Waals surface area contributed by atoms with Crippen molar-refractivity contribution in [2.45, 2.75) is 25.3 Å². The number of halogens is 1. The molecule has 9 heteroatoms. The van der Waals surface area contributed by atoms with Gasteiger partial charge in [0.1, 0.15) is 17.1 Å². The summed E-state index contributed by atoms with van der Waals surface area (Å²) in [7, 11) is 0. The highest BCUT2D eigenvalue weighted by atomic mass is 19.1. The van der Waals surface area contributed by atoms with Crippen molar-refractivity contribution in [1.82, 2.24) is 10.6 Å². The number of hydrogen-bond donors (Lipinski definition) is 6. The predicted octanol–water partition coefficient (Wildman–Crippen LogP) is 1.60. The molecule has 0 bridgehead atoms. The third kappa shape index (κ3) is 5.82. The number of rotatable bonds is 9. The molecule has 7 N–H and O–H groups in total. The molecule has 0 aromatic heterocycles. The van der Waals surface area contributed by atoms with E-state index in [-0.39, 0.29) is 24.7 Å². The minimum Gasteiger partial charge on any atom is -0.507 e. The minimum absolute atomic E-state index is 0.0552. The van der Waals surface area contributed by atoms with Crippen LogP contribution in [-0.2, 0) is 0 Å². The minimum atomic E-state index is -0.802. The molecule has 0 aliphatic carbocycles. The van der Waals surface area contributed by atoms with Gasteiger partial charge >= 0.3 is 0 Å². The number of carbonyl (C=O) groups is 2. The SMILES string of the molecule is NC[C@H](CCCCNC(=O)c1c(O)cccc1F)NC(=O)c1cccc(O)c1O. The number of unbranched alkanes of at least 4 members (excludes halogenated alkanes) is 1. The number of amides is 2. The average molecular weight is 405 g/mol. The van der Waals surface area contributed by atoms with E-state index in [2.05, 4.69) is 10.6 Å². The van der Waals surface area contributed by atoms with Gasteiger partial charge in [-0.15, -0.1) is 0 Å². The summed E-state index contributed by atoms with van der Waals surface area (Å²) < 4.78 is 13.6. The van der Waals surface area contributed by atoms with Gasteiger partial charge in [-0.05, 0) is 43.5 Å². The van der Waals surface area contributed by atoms with Crippen molar-refractivity contribution < 1.29 is 29.3 Å². The Morgan fingerprint density at radius 1 is 1.00 bits per heavy atom. The smallest absolute Gasteiger partial charge is 0.258 e. The van der Waals surface area contributed by atoms with Crippen molar-refractivity contribution in [3.05, 3.63) is 53.3 Å². The summed E-state index contributed by atoms with van der Waals surface area (Å²) in [6.45, 7) is 0.423. The van der Waals surface area contributed by atoms with E-state index in [1.807, 2.05) is 0 Å². The number of benzene rings is 2. The number of carbonyl (C=O) groups excluding carboxylic acids is 2. The molecule has 2 rings (SSSR count). The van der Waals surface area contributed by atoms with E-state index >= 15 is 0 Å². The van der Waals surface area contributed by atoms with Gasteiger partial charge in [0.15, 0.2) is 11.5 Å². The summed E-state index contributed by atoms with van der Waals surface area (Å²) in [5, 5.41) is 34.0. The van der Waals surface area contributed by atoms with Crippen LogP contribution in [0.3, 0.4) is 0 Å². The molecule has 0 unspecified atom stereocenters. The van der Waals surface area contributed by atoms with Gasteiger partial charge in [-0.1, -0.05) is 12.1 Å². The first-order valence-electron chi connectivity index (χ1n) is 9.12. The van der Waals surface area contributed by atoms with Gasteiger partial charge in [0.2, 0.25) is 0 Å². The Hall–Kier alpha value is -3.33. The molecule has 2 aromatic carbocycles. The van der Waals surface area contributed by atoms with Gasteiger partial charge in [-0.3, -0.25) is 9.59 Å². The highest BCUT2D eigenvalue weighted by Crippen LogP contribution is 2.28. The Morgan fingerprint density at radius 2 is 1.69 bits per heavy atom. The molecule has 0 heterocycles. The van der Waals surface area contributed by atoms with Gasteiger partial charge < -0.3 is 31.7 Å². The number of para-hydroxylation sites is 1. The van der Waals surface area contributed by atoms with E-state index in [0.717, 1.165) is 6.07 Å². The average Bonchev–Trinajstić information content (AvgIpc) is 2.68. The number of nitrogens with two attached hydrogens (primary N) is 1. The molecule has 156 valence electrons. The Kier molecular flexibility index (Phi) is 7.79. The first-order valence-corrected chi connectivity index (χ1v) is 9.12. The first-order chi connectivity index (χ1) is 13.8. The van der Waals surface area contributed by atoms with Crippen LogP contribution < -0.4 is 16.4 Å². The van der Waals surface area contributed by atoms with Crippen molar-refractivity contribution >= 4 is 11.8 Å².